The number of carbonyl (C=O) groups is 3. The zero-order valence-electron chi connectivity index (χ0n) is 16.5. The zero-order valence-corrected chi connectivity index (χ0v) is 16.5. The van der Waals surface area contributed by atoms with Crippen LogP contribution in [0.2, 0.25) is 0 Å². The Hall–Kier alpha value is -3.39. The van der Waals surface area contributed by atoms with Crippen LogP contribution in [0.15, 0.2) is 48.5 Å². The van der Waals surface area contributed by atoms with Gasteiger partial charge in [0.1, 0.15) is 12.6 Å². The average Bonchev–Trinajstić information content (AvgIpc) is 3.05. The van der Waals surface area contributed by atoms with E-state index in [4.69, 9.17) is 14.9 Å². The monoisotopic (exact) mass is 412 g/mol. The lowest BCUT2D eigenvalue weighted by Crippen LogP contribution is -2.50. The number of carboxylic acids is 1. The summed E-state index contributed by atoms with van der Waals surface area (Å²) in [6, 6.07) is 13.9. The summed E-state index contributed by atoms with van der Waals surface area (Å²) in [5.74, 6) is -2.09. The molecular formula is C22H24N2O6. The fraction of sp³-hybridized carbons (Fsp3) is 0.318. The Balaban J connectivity index is 1.67. The van der Waals surface area contributed by atoms with Crippen molar-refractivity contribution in [3.05, 3.63) is 59.7 Å². The van der Waals surface area contributed by atoms with E-state index in [9.17, 15) is 14.4 Å². The standard InChI is InChI=1S/C22H24N2O6/c1-13(11-25)23-21(28)19(10-20(26)27)24-22(29)30-12-18-16-8-4-2-6-14(16)15-7-3-5-9-17(15)18/h2-9,13,18-19,25H,10-12H2,1H3,(H,23,28)(H,24,29)(H,26,27)/t13-,19?/m1/s1. The zero-order chi connectivity index (χ0) is 21.7. The van der Waals surface area contributed by atoms with Crippen LogP contribution in [-0.2, 0) is 14.3 Å². The maximum absolute atomic E-state index is 12.3. The molecule has 0 saturated heterocycles. The Kier molecular flexibility index (Phi) is 6.68. The van der Waals surface area contributed by atoms with Crippen LogP contribution in [-0.4, -0.2) is 53.5 Å². The van der Waals surface area contributed by atoms with E-state index >= 15 is 0 Å². The molecule has 1 aliphatic rings. The van der Waals surface area contributed by atoms with Crippen molar-refractivity contribution in [3.8, 4) is 11.1 Å². The Bertz CT molecular complexity index is 899. The highest BCUT2D eigenvalue weighted by Gasteiger charge is 2.30. The minimum Gasteiger partial charge on any atom is -0.481 e. The van der Waals surface area contributed by atoms with Gasteiger partial charge < -0.3 is 25.6 Å². The van der Waals surface area contributed by atoms with E-state index < -0.39 is 36.5 Å². The number of aliphatic hydroxyl groups excluding tert-OH is 1. The van der Waals surface area contributed by atoms with Gasteiger partial charge in [-0.25, -0.2) is 4.79 Å². The number of amides is 2. The first-order chi connectivity index (χ1) is 14.4. The van der Waals surface area contributed by atoms with Crippen LogP contribution in [0.3, 0.4) is 0 Å². The minimum atomic E-state index is -1.31. The first-order valence-electron chi connectivity index (χ1n) is 9.65. The summed E-state index contributed by atoms with van der Waals surface area (Å²) in [4.78, 5) is 35.6. The SMILES string of the molecule is C[C@H](CO)NC(=O)C(CC(=O)O)NC(=O)OCC1c2ccccc2-c2ccccc21. The van der Waals surface area contributed by atoms with Crippen LogP contribution in [0, 0.1) is 0 Å². The first kappa shape index (κ1) is 21.3. The van der Waals surface area contributed by atoms with E-state index in [0.717, 1.165) is 22.3 Å². The molecule has 2 amide bonds. The summed E-state index contributed by atoms with van der Waals surface area (Å²) in [6.07, 6.45) is -1.48. The average molecular weight is 412 g/mol. The van der Waals surface area contributed by atoms with Crippen LogP contribution in [0.4, 0.5) is 4.79 Å². The van der Waals surface area contributed by atoms with Crippen molar-refractivity contribution in [3.63, 3.8) is 0 Å². The number of ether oxygens (including phenoxy) is 1. The van der Waals surface area contributed by atoms with Gasteiger partial charge in [-0.3, -0.25) is 9.59 Å². The number of nitrogens with one attached hydrogen (secondary N) is 2. The number of carbonyl (C=O) groups excluding carboxylic acids is 2. The summed E-state index contributed by atoms with van der Waals surface area (Å²) >= 11 is 0. The van der Waals surface area contributed by atoms with Crippen molar-refractivity contribution in [2.24, 2.45) is 0 Å². The van der Waals surface area contributed by atoms with E-state index in [1.165, 1.54) is 0 Å². The van der Waals surface area contributed by atoms with Crippen molar-refractivity contribution >= 4 is 18.0 Å². The molecule has 3 rings (SSSR count). The Morgan fingerprint density at radius 3 is 2.10 bits per heavy atom. The third-order valence-electron chi connectivity index (χ3n) is 4.99. The van der Waals surface area contributed by atoms with Gasteiger partial charge in [-0.2, -0.15) is 0 Å². The first-order valence-corrected chi connectivity index (χ1v) is 9.65. The molecule has 2 aromatic rings. The van der Waals surface area contributed by atoms with Crippen molar-refractivity contribution in [1.82, 2.24) is 10.6 Å². The Morgan fingerprint density at radius 2 is 1.57 bits per heavy atom. The van der Waals surface area contributed by atoms with Crippen molar-refractivity contribution in [2.45, 2.75) is 31.3 Å². The molecule has 4 N–H and O–H groups in total. The molecule has 2 aromatic carbocycles. The van der Waals surface area contributed by atoms with Crippen LogP contribution >= 0.6 is 0 Å². The summed E-state index contributed by atoms with van der Waals surface area (Å²) in [5, 5.41) is 22.8. The molecule has 1 unspecified atom stereocenters. The predicted molar refractivity (Wildman–Crippen MR) is 109 cm³/mol. The quantitative estimate of drug-likeness (QED) is 0.525. The van der Waals surface area contributed by atoms with Gasteiger partial charge in [0.15, 0.2) is 0 Å². The topological polar surface area (TPSA) is 125 Å². The second kappa shape index (κ2) is 9.41. The summed E-state index contributed by atoms with van der Waals surface area (Å²) in [6.45, 7) is 1.30. The Morgan fingerprint density at radius 1 is 1.00 bits per heavy atom. The van der Waals surface area contributed by atoms with Crippen LogP contribution in [0.25, 0.3) is 11.1 Å². The summed E-state index contributed by atoms with van der Waals surface area (Å²) in [5.41, 5.74) is 4.26. The fourth-order valence-electron chi connectivity index (χ4n) is 3.56. The van der Waals surface area contributed by atoms with Crippen molar-refractivity contribution < 1.29 is 29.3 Å². The highest BCUT2D eigenvalue weighted by molar-refractivity contribution is 5.89. The third-order valence-corrected chi connectivity index (χ3v) is 4.99. The number of aliphatic carboxylic acids is 1. The van der Waals surface area contributed by atoms with E-state index in [-0.39, 0.29) is 19.1 Å². The molecular weight excluding hydrogens is 388 g/mol. The predicted octanol–water partition coefficient (Wildman–Crippen LogP) is 1.87. The van der Waals surface area contributed by atoms with Gasteiger partial charge in [-0.05, 0) is 29.2 Å². The van der Waals surface area contributed by atoms with Crippen LogP contribution in [0.5, 0.6) is 0 Å². The molecule has 1 aliphatic carbocycles. The third kappa shape index (κ3) is 4.77. The maximum atomic E-state index is 12.3. The summed E-state index contributed by atoms with van der Waals surface area (Å²) < 4.78 is 5.36. The number of hydrogen-bond acceptors (Lipinski definition) is 5. The molecule has 0 saturated carbocycles. The van der Waals surface area contributed by atoms with E-state index in [1.807, 2.05) is 48.5 Å². The van der Waals surface area contributed by atoms with Gasteiger partial charge >= 0.3 is 12.1 Å². The molecule has 0 radical (unpaired) electrons. The van der Waals surface area contributed by atoms with E-state index in [2.05, 4.69) is 10.6 Å². The van der Waals surface area contributed by atoms with E-state index in [1.54, 1.807) is 6.92 Å². The van der Waals surface area contributed by atoms with Gasteiger partial charge in [0.2, 0.25) is 5.91 Å². The lowest BCUT2D eigenvalue weighted by atomic mass is 9.98. The second-order valence-corrected chi connectivity index (χ2v) is 7.21. The highest BCUT2D eigenvalue weighted by Crippen LogP contribution is 2.44. The van der Waals surface area contributed by atoms with Crippen molar-refractivity contribution in [2.75, 3.05) is 13.2 Å². The van der Waals surface area contributed by atoms with Gasteiger partial charge in [-0.1, -0.05) is 48.5 Å². The molecule has 30 heavy (non-hydrogen) atoms. The lowest BCUT2D eigenvalue weighted by Gasteiger charge is -2.20. The van der Waals surface area contributed by atoms with E-state index in [0.29, 0.717) is 0 Å². The molecule has 0 aliphatic heterocycles. The Labute approximate surface area is 173 Å². The summed E-state index contributed by atoms with van der Waals surface area (Å²) in [7, 11) is 0. The van der Waals surface area contributed by atoms with Crippen molar-refractivity contribution in [1.29, 1.82) is 0 Å². The maximum Gasteiger partial charge on any atom is 0.407 e. The number of rotatable bonds is 8. The van der Waals surface area contributed by atoms with Crippen LogP contribution in [0.1, 0.15) is 30.4 Å². The molecule has 0 spiro atoms. The molecule has 0 aromatic heterocycles. The molecule has 8 nitrogen and oxygen atoms in total. The molecule has 8 heteroatoms. The second-order valence-electron chi connectivity index (χ2n) is 7.21. The highest BCUT2D eigenvalue weighted by atomic mass is 16.5. The fourth-order valence-corrected chi connectivity index (χ4v) is 3.56. The molecule has 0 bridgehead atoms. The lowest BCUT2D eigenvalue weighted by molar-refractivity contribution is -0.140. The molecule has 158 valence electrons. The number of alkyl carbamates (subject to hydrolysis) is 1. The molecule has 0 heterocycles. The molecule has 2 atom stereocenters. The number of fused-ring (bicyclic) bond motifs is 3. The smallest absolute Gasteiger partial charge is 0.407 e. The molecule has 0 fully saturated rings. The number of hydrogen-bond donors (Lipinski definition) is 4. The van der Waals surface area contributed by atoms with Gasteiger partial charge in [0.25, 0.3) is 0 Å². The van der Waals surface area contributed by atoms with Gasteiger partial charge in [0, 0.05) is 12.0 Å². The van der Waals surface area contributed by atoms with Gasteiger partial charge in [-0.15, -0.1) is 0 Å². The normalized spacial score (nSPS) is 14.2. The number of aliphatic hydroxyl groups is 1. The van der Waals surface area contributed by atoms with Gasteiger partial charge in [0.05, 0.1) is 13.0 Å². The number of benzene rings is 2. The largest absolute Gasteiger partial charge is 0.481 e. The minimum absolute atomic E-state index is 0.0499. The van der Waals surface area contributed by atoms with Crippen LogP contribution < -0.4 is 10.6 Å². The number of carboxylic acid groups (broad SMARTS) is 1.